The molecule has 34 heavy (non-hydrogen) atoms. The van der Waals surface area contributed by atoms with Gasteiger partial charge >= 0.3 is 5.69 Å². The molecule has 1 fully saturated rings. The van der Waals surface area contributed by atoms with Crippen LogP contribution >= 0.6 is 0 Å². The van der Waals surface area contributed by atoms with E-state index in [0.717, 1.165) is 23.6 Å². The van der Waals surface area contributed by atoms with Crippen molar-refractivity contribution in [1.82, 2.24) is 14.0 Å². The number of rotatable bonds is 6. The van der Waals surface area contributed by atoms with Crippen LogP contribution in [-0.4, -0.2) is 52.9 Å². The van der Waals surface area contributed by atoms with Crippen molar-refractivity contribution >= 4 is 38.3 Å². The van der Waals surface area contributed by atoms with Crippen LogP contribution in [-0.2, 0) is 28.9 Å². The SMILES string of the molecule is Cn1c(=O)n(C)c2cc(S(=O)(=O)N(CC(=O)N3CCCCC3)c3ccc([N+](=O)[O-])cc3)ccc21. The fourth-order valence-corrected chi connectivity index (χ4v) is 5.63. The molecule has 0 atom stereocenters. The van der Waals surface area contributed by atoms with Gasteiger partial charge in [0.1, 0.15) is 6.54 Å². The summed E-state index contributed by atoms with van der Waals surface area (Å²) in [6.07, 6.45) is 2.73. The first-order valence-electron chi connectivity index (χ1n) is 10.8. The summed E-state index contributed by atoms with van der Waals surface area (Å²) in [4.78, 5) is 37.3. The van der Waals surface area contributed by atoms with Crippen LogP contribution in [0.1, 0.15) is 19.3 Å². The number of nitrogens with zero attached hydrogens (tertiary/aromatic N) is 5. The van der Waals surface area contributed by atoms with E-state index in [1.165, 1.54) is 45.5 Å². The molecule has 12 heteroatoms. The Balaban J connectivity index is 1.78. The largest absolute Gasteiger partial charge is 0.341 e. The molecule has 1 amide bonds. The molecule has 180 valence electrons. The van der Waals surface area contributed by atoms with Crippen molar-refractivity contribution in [3.63, 3.8) is 0 Å². The van der Waals surface area contributed by atoms with Crippen LogP contribution in [0.3, 0.4) is 0 Å². The average Bonchev–Trinajstić information content (AvgIpc) is 3.06. The number of carbonyl (C=O) groups excluding carboxylic acids is 1. The Labute approximate surface area is 196 Å². The minimum absolute atomic E-state index is 0.0917. The number of benzene rings is 2. The van der Waals surface area contributed by atoms with Gasteiger partial charge < -0.3 is 4.90 Å². The zero-order valence-electron chi connectivity index (χ0n) is 18.9. The van der Waals surface area contributed by atoms with Crippen LogP contribution < -0.4 is 9.99 Å². The van der Waals surface area contributed by atoms with Gasteiger partial charge in [0.2, 0.25) is 5.91 Å². The Morgan fingerprint density at radius 1 is 1.00 bits per heavy atom. The zero-order valence-corrected chi connectivity index (χ0v) is 19.7. The van der Waals surface area contributed by atoms with Gasteiger partial charge in [0, 0.05) is 39.3 Å². The third-order valence-electron chi connectivity index (χ3n) is 6.17. The molecule has 0 bridgehead atoms. The van der Waals surface area contributed by atoms with E-state index in [1.54, 1.807) is 25.1 Å². The molecule has 1 saturated heterocycles. The number of amides is 1. The lowest BCUT2D eigenvalue weighted by atomic mass is 10.1. The standard InChI is InChI=1S/C22H25N5O6S/c1-23-19-11-10-18(14-20(19)24(2)22(23)29)34(32,33)26(15-21(28)25-12-4-3-5-13-25)16-6-8-17(9-7-16)27(30)31/h6-11,14H,3-5,12-13,15H2,1-2H3. The number of carbonyl (C=O) groups is 1. The van der Waals surface area contributed by atoms with Gasteiger partial charge in [-0.25, -0.2) is 13.2 Å². The Morgan fingerprint density at radius 2 is 1.62 bits per heavy atom. The number of hydrogen-bond donors (Lipinski definition) is 0. The Kier molecular flexibility index (Phi) is 6.17. The quantitative estimate of drug-likeness (QED) is 0.386. The molecule has 1 aliphatic rings. The summed E-state index contributed by atoms with van der Waals surface area (Å²) in [5, 5.41) is 11.1. The molecule has 0 radical (unpaired) electrons. The molecule has 0 spiro atoms. The first-order chi connectivity index (χ1) is 16.1. The molecule has 0 saturated carbocycles. The van der Waals surface area contributed by atoms with E-state index in [0.29, 0.717) is 24.1 Å². The summed E-state index contributed by atoms with van der Waals surface area (Å²) in [5.74, 6) is -0.338. The maximum absolute atomic E-state index is 13.7. The Hall–Kier alpha value is -3.67. The number of aryl methyl sites for hydroxylation is 2. The van der Waals surface area contributed by atoms with Crippen molar-refractivity contribution in [1.29, 1.82) is 0 Å². The highest BCUT2D eigenvalue weighted by molar-refractivity contribution is 7.92. The van der Waals surface area contributed by atoms with E-state index in [4.69, 9.17) is 0 Å². The van der Waals surface area contributed by atoms with Crippen molar-refractivity contribution in [2.45, 2.75) is 24.2 Å². The molecule has 11 nitrogen and oxygen atoms in total. The maximum atomic E-state index is 13.7. The summed E-state index contributed by atoms with van der Waals surface area (Å²) in [6.45, 7) is 0.683. The number of likely N-dealkylation sites (tertiary alicyclic amines) is 1. The van der Waals surface area contributed by atoms with E-state index < -0.39 is 21.5 Å². The maximum Gasteiger partial charge on any atom is 0.328 e. The third kappa shape index (κ3) is 4.16. The van der Waals surface area contributed by atoms with Crippen molar-refractivity contribution < 1.29 is 18.1 Å². The normalized spacial score (nSPS) is 14.4. The molecule has 2 aromatic carbocycles. The third-order valence-corrected chi connectivity index (χ3v) is 7.94. The number of imidazole rings is 1. The molecular formula is C22H25N5O6S. The Bertz CT molecular complexity index is 1420. The van der Waals surface area contributed by atoms with Crippen LogP contribution in [0.15, 0.2) is 52.2 Å². The summed E-state index contributed by atoms with van der Waals surface area (Å²) in [7, 11) is -1.09. The first-order valence-corrected chi connectivity index (χ1v) is 12.3. The molecule has 0 unspecified atom stereocenters. The second-order valence-corrected chi connectivity index (χ2v) is 10.1. The lowest BCUT2D eigenvalue weighted by Gasteiger charge is -2.30. The monoisotopic (exact) mass is 487 g/mol. The number of nitro groups is 1. The van der Waals surface area contributed by atoms with Crippen molar-refractivity contribution in [3.05, 3.63) is 63.1 Å². The number of aromatic nitrogens is 2. The Morgan fingerprint density at radius 3 is 2.24 bits per heavy atom. The highest BCUT2D eigenvalue weighted by atomic mass is 32.2. The van der Waals surface area contributed by atoms with Crippen molar-refractivity contribution in [3.8, 4) is 0 Å². The van der Waals surface area contributed by atoms with Gasteiger partial charge in [0.25, 0.3) is 15.7 Å². The topological polar surface area (TPSA) is 128 Å². The van der Waals surface area contributed by atoms with Crippen LogP contribution in [0.25, 0.3) is 11.0 Å². The van der Waals surface area contributed by atoms with E-state index in [1.807, 2.05) is 0 Å². The highest BCUT2D eigenvalue weighted by Crippen LogP contribution is 2.28. The molecular weight excluding hydrogens is 462 g/mol. The minimum Gasteiger partial charge on any atom is -0.341 e. The second-order valence-electron chi connectivity index (χ2n) is 8.28. The van der Waals surface area contributed by atoms with Gasteiger partial charge in [0.15, 0.2) is 0 Å². The van der Waals surface area contributed by atoms with Gasteiger partial charge in [-0.3, -0.25) is 28.3 Å². The number of sulfonamides is 1. The number of non-ortho nitro benzene ring substituents is 1. The highest BCUT2D eigenvalue weighted by Gasteiger charge is 2.30. The zero-order chi connectivity index (χ0) is 24.6. The predicted molar refractivity (Wildman–Crippen MR) is 126 cm³/mol. The molecule has 1 aromatic heterocycles. The minimum atomic E-state index is -4.24. The van der Waals surface area contributed by atoms with Crippen LogP contribution in [0, 0.1) is 10.1 Å². The van der Waals surface area contributed by atoms with Crippen LogP contribution in [0.2, 0.25) is 0 Å². The number of fused-ring (bicyclic) bond motifs is 1. The van der Waals surface area contributed by atoms with Gasteiger partial charge in [-0.05, 0) is 49.6 Å². The van der Waals surface area contributed by atoms with E-state index in [9.17, 15) is 28.1 Å². The lowest BCUT2D eigenvalue weighted by Crippen LogP contribution is -2.44. The smallest absolute Gasteiger partial charge is 0.328 e. The predicted octanol–water partition coefficient (Wildman–Crippen LogP) is 1.99. The molecule has 2 heterocycles. The number of hydrogen-bond acceptors (Lipinski definition) is 6. The first kappa shape index (κ1) is 23.5. The van der Waals surface area contributed by atoms with E-state index >= 15 is 0 Å². The summed E-state index contributed by atoms with van der Waals surface area (Å²) in [6, 6.07) is 9.37. The summed E-state index contributed by atoms with van der Waals surface area (Å²) >= 11 is 0. The van der Waals surface area contributed by atoms with Crippen LogP contribution in [0.5, 0.6) is 0 Å². The van der Waals surface area contributed by atoms with Gasteiger partial charge in [0.05, 0.1) is 26.5 Å². The van der Waals surface area contributed by atoms with E-state index in [2.05, 4.69) is 0 Å². The van der Waals surface area contributed by atoms with Gasteiger partial charge in [-0.1, -0.05) is 0 Å². The number of nitro benzene ring substituents is 1. The van der Waals surface area contributed by atoms with Gasteiger partial charge in [-0.15, -0.1) is 0 Å². The number of anilines is 1. The molecule has 4 rings (SSSR count). The average molecular weight is 488 g/mol. The molecule has 1 aliphatic heterocycles. The summed E-state index contributed by atoms with van der Waals surface area (Å²) < 4.78 is 31.2. The number of piperidine rings is 1. The fourth-order valence-electron chi connectivity index (χ4n) is 4.20. The fraction of sp³-hybridized carbons (Fsp3) is 0.364. The van der Waals surface area contributed by atoms with Gasteiger partial charge in [-0.2, -0.15) is 0 Å². The lowest BCUT2D eigenvalue weighted by molar-refractivity contribution is -0.384. The molecule has 0 aliphatic carbocycles. The second kappa shape index (κ2) is 8.93. The van der Waals surface area contributed by atoms with Crippen molar-refractivity contribution in [2.24, 2.45) is 14.1 Å². The molecule has 3 aromatic rings. The van der Waals surface area contributed by atoms with E-state index in [-0.39, 0.29) is 27.9 Å². The van der Waals surface area contributed by atoms with Crippen molar-refractivity contribution in [2.75, 3.05) is 23.9 Å². The van der Waals surface area contributed by atoms with Crippen LogP contribution in [0.4, 0.5) is 11.4 Å². The summed E-state index contributed by atoms with van der Waals surface area (Å²) in [5.41, 5.74) is 0.650. The molecule has 0 N–H and O–H groups in total.